The predicted octanol–water partition coefficient (Wildman–Crippen LogP) is 2.73. The molecule has 4 nitrogen and oxygen atoms in total. The van der Waals surface area contributed by atoms with Crippen LogP contribution >= 0.6 is 0 Å². The maximum atomic E-state index is 9.82. The van der Waals surface area contributed by atoms with Gasteiger partial charge >= 0.3 is 0 Å². The van der Waals surface area contributed by atoms with Gasteiger partial charge in [-0.1, -0.05) is 27.7 Å². The number of aliphatic hydroxyl groups is 1. The molecule has 0 bridgehead atoms. The molecule has 0 fully saturated rings. The summed E-state index contributed by atoms with van der Waals surface area (Å²) in [5, 5.41) is 13.0. The van der Waals surface area contributed by atoms with Crippen molar-refractivity contribution in [1.82, 2.24) is 9.97 Å². The highest BCUT2D eigenvalue weighted by atomic mass is 16.3. The van der Waals surface area contributed by atoms with Crippen LogP contribution in [0.25, 0.3) is 0 Å². The van der Waals surface area contributed by atoms with Gasteiger partial charge in [-0.05, 0) is 19.3 Å². The molecule has 1 rings (SSSR count). The summed E-state index contributed by atoms with van der Waals surface area (Å²) in [5.41, 5.74) is 0.953. The largest absolute Gasteiger partial charge is 0.391 e. The molecule has 0 aromatic carbocycles. The van der Waals surface area contributed by atoms with E-state index >= 15 is 0 Å². The molecule has 1 aromatic heterocycles. The molecule has 18 heavy (non-hydrogen) atoms. The van der Waals surface area contributed by atoms with Gasteiger partial charge in [0.25, 0.3) is 0 Å². The predicted molar refractivity (Wildman–Crippen MR) is 74.8 cm³/mol. The number of hydrogen-bond acceptors (Lipinski definition) is 4. The van der Waals surface area contributed by atoms with Crippen molar-refractivity contribution >= 4 is 5.82 Å². The summed E-state index contributed by atoms with van der Waals surface area (Å²) in [6.07, 6.45) is 0.469. The Morgan fingerprint density at radius 3 is 2.44 bits per heavy atom. The highest BCUT2D eigenvalue weighted by Gasteiger charge is 2.09. The standard InChI is InChI=1S/C14H25N3O/c1-9(2)6-12(18)8-15-13-7-11(5)16-14(17-13)10(3)4/h7,9-10,12,18H,6,8H2,1-5H3,(H,15,16,17). The second-order valence-corrected chi connectivity index (χ2v) is 5.57. The van der Waals surface area contributed by atoms with E-state index in [1.54, 1.807) is 0 Å². The smallest absolute Gasteiger partial charge is 0.133 e. The molecule has 102 valence electrons. The van der Waals surface area contributed by atoms with E-state index in [0.29, 0.717) is 18.4 Å². The maximum Gasteiger partial charge on any atom is 0.133 e. The second kappa shape index (κ2) is 6.69. The van der Waals surface area contributed by atoms with Crippen molar-refractivity contribution in [3.05, 3.63) is 17.6 Å². The summed E-state index contributed by atoms with van der Waals surface area (Å²) in [6, 6.07) is 1.91. The fourth-order valence-electron chi connectivity index (χ4n) is 1.79. The Kier molecular flexibility index (Phi) is 5.54. The van der Waals surface area contributed by atoms with Gasteiger partial charge in [0.15, 0.2) is 0 Å². The van der Waals surface area contributed by atoms with Crippen molar-refractivity contribution in [2.24, 2.45) is 5.92 Å². The van der Waals surface area contributed by atoms with Crippen LogP contribution in [0.4, 0.5) is 5.82 Å². The summed E-state index contributed by atoms with van der Waals surface area (Å²) in [6.45, 7) is 10.9. The summed E-state index contributed by atoms with van der Waals surface area (Å²) in [7, 11) is 0. The van der Waals surface area contributed by atoms with Crippen molar-refractivity contribution < 1.29 is 5.11 Å². The molecule has 1 aromatic rings. The van der Waals surface area contributed by atoms with Crippen molar-refractivity contribution in [2.45, 2.75) is 53.1 Å². The van der Waals surface area contributed by atoms with Crippen molar-refractivity contribution in [3.63, 3.8) is 0 Å². The van der Waals surface area contributed by atoms with Crippen molar-refractivity contribution in [2.75, 3.05) is 11.9 Å². The molecule has 0 aliphatic heterocycles. The quantitative estimate of drug-likeness (QED) is 0.816. The normalized spacial score (nSPS) is 13.1. The maximum absolute atomic E-state index is 9.82. The first-order valence-electron chi connectivity index (χ1n) is 6.66. The van der Waals surface area contributed by atoms with Gasteiger partial charge in [-0.25, -0.2) is 9.97 Å². The summed E-state index contributed by atoms with van der Waals surface area (Å²) < 4.78 is 0. The van der Waals surface area contributed by atoms with E-state index in [-0.39, 0.29) is 6.10 Å². The number of nitrogens with zero attached hydrogens (tertiary/aromatic N) is 2. The fraction of sp³-hybridized carbons (Fsp3) is 0.714. The van der Waals surface area contributed by atoms with Crippen LogP contribution in [0.1, 0.15) is 51.6 Å². The third kappa shape index (κ3) is 5.00. The van der Waals surface area contributed by atoms with Gasteiger partial charge in [-0.2, -0.15) is 0 Å². The minimum Gasteiger partial charge on any atom is -0.391 e. The molecule has 0 saturated heterocycles. The zero-order valence-corrected chi connectivity index (χ0v) is 12.1. The molecule has 1 atom stereocenters. The number of rotatable bonds is 6. The molecule has 1 heterocycles. The molecule has 0 saturated carbocycles. The van der Waals surface area contributed by atoms with Gasteiger partial charge in [0.05, 0.1) is 6.10 Å². The van der Waals surface area contributed by atoms with Crippen LogP contribution in [0.5, 0.6) is 0 Å². The number of anilines is 1. The van der Waals surface area contributed by atoms with Gasteiger partial charge in [-0.15, -0.1) is 0 Å². The first-order valence-corrected chi connectivity index (χ1v) is 6.66. The molecular weight excluding hydrogens is 226 g/mol. The van der Waals surface area contributed by atoms with Gasteiger partial charge in [0, 0.05) is 24.2 Å². The molecule has 1 unspecified atom stereocenters. The molecular formula is C14H25N3O. The fourth-order valence-corrected chi connectivity index (χ4v) is 1.79. The topological polar surface area (TPSA) is 58.0 Å². The first kappa shape index (κ1) is 14.9. The van der Waals surface area contributed by atoms with Gasteiger partial charge in [0.1, 0.15) is 11.6 Å². The summed E-state index contributed by atoms with van der Waals surface area (Å²) in [4.78, 5) is 8.85. The van der Waals surface area contributed by atoms with Gasteiger partial charge in [0.2, 0.25) is 0 Å². The average Bonchev–Trinajstić information content (AvgIpc) is 2.24. The van der Waals surface area contributed by atoms with Crippen molar-refractivity contribution in [3.8, 4) is 0 Å². The number of aryl methyl sites for hydroxylation is 1. The lowest BCUT2D eigenvalue weighted by atomic mass is 10.1. The molecule has 2 N–H and O–H groups in total. The van der Waals surface area contributed by atoms with Crippen LogP contribution in [0.15, 0.2) is 6.07 Å². The summed E-state index contributed by atoms with van der Waals surface area (Å²) >= 11 is 0. The highest BCUT2D eigenvalue weighted by molar-refractivity contribution is 5.36. The zero-order valence-electron chi connectivity index (χ0n) is 12.1. The average molecular weight is 251 g/mol. The molecule has 4 heteroatoms. The Balaban J connectivity index is 2.62. The zero-order chi connectivity index (χ0) is 13.7. The van der Waals surface area contributed by atoms with E-state index < -0.39 is 0 Å². The Morgan fingerprint density at radius 2 is 1.89 bits per heavy atom. The Morgan fingerprint density at radius 1 is 1.22 bits per heavy atom. The Hall–Kier alpha value is -1.16. The lowest BCUT2D eigenvalue weighted by molar-refractivity contribution is 0.161. The Labute approximate surface area is 110 Å². The summed E-state index contributed by atoms with van der Waals surface area (Å²) in [5.74, 6) is 2.45. The van der Waals surface area contributed by atoms with Crippen LogP contribution in [0, 0.1) is 12.8 Å². The number of aromatic nitrogens is 2. The van der Waals surface area contributed by atoms with Crippen molar-refractivity contribution in [1.29, 1.82) is 0 Å². The van der Waals surface area contributed by atoms with E-state index in [1.807, 2.05) is 13.0 Å². The third-order valence-corrected chi connectivity index (χ3v) is 2.65. The van der Waals surface area contributed by atoms with Crippen LogP contribution in [0.2, 0.25) is 0 Å². The van der Waals surface area contributed by atoms with Crippen LogP contribution < -0.4 is 5.32 Å². The molecule has 0 aliphatic carbocycles. The number of aliphatic hydroxyl groups excluding tert-OH is 1. The monoisotopic (exact) mass is 251 g/mol. The third-order valence-electron chi connectivity index (χ3n) is 2.65. The molecule has 0 spiro atoms. The number of hydrogen-bond donors (Lipinski definition) is 2. The van der Waals surface area contributed by atoms with Crippen LogP contribution in [-0.4, -0.2) is 27.7 Å². The van der Waals surface area contributed by atoms with E-state index in [9.17, 15) is 5.11 Å². The van der Waals surface area contributed by atoms with Crippen LogP contribution in [-0.2, 0) is 0 Å². The minimum absolute atomic E-state index is 0.311. The van der Waals surface area contributed by atoms with E-state index in [0.717, 1.165) is 23.8 Å². The lowest BCUT2D eigenvalue weighted by Gasteiger charge is -2.15. The second-order valence-electron chi connectivity index (χ2n) is 5.57. The van der Waals surface area contributed by atoms with E-state index in [4.69, 9.17) is 0 Å². The van der Waals surface area contributed by atoms with Crippen LogP contribution in [0.3, 0.4) is 0 Å². The van der Waals surface area contributed by atoms with Gasteiger partial charge in [-0.3, -0.25) is 0 Å². The molecule has 0 amide bonds. The Bertz CT molecular complexity index is 377. The number of nitrogens with one attached hydrogen (secondary N) is 1. The SMILES string of the molecule is Cc1cc(NCC(O)CC(C)C)nc(C(C)C)n1. The van der Waals surface area contributed by atoms with E-state index in [2.05, 4.69) is 43.0 Å². The van der Waals surface area contributed by atoms with E-state index in [1.165, 1.54) is 0 Å². The molecule has 0 aliphatic rings. The van der Waals surface area contributed by atoms with Gasteiger partial charge < -0.3 is 10.4 Å². The lowest BCUT2D eigenvalue weighted by Crippen LogP contribution is -2.22. The first-order chi connectivity index (χ1) is 8.38. The molecule has 0 radical (unpaired) electrons. The highest BCUT2D eigenvalue weighted by Crippen LogP contribution is 2.14. The minimum atomic E-state index is -0.331.